The largest absolute Gasteiger partial charge is 0.381 e. The highest BCUT2D eigenvalue weighted by Crippen LogP contribution is 2.21. The lowest BCUT2D eigenvalue weighted by molar-refractivity contribution is -0.124. The molecule has 104 valence electrons. The third-order valence-corrected chi connectivity index (χ3v) is 3.69. The third kappa shape index (κ3) is 2.50. The molecule has 1 saturated heterocycles. The van der Waals surface area contributed by atoms with E-state index in [-0.39, 0.29) is 5.91 Å². The topological polar surface area (TPSA) is 77.2 Å². The number of fused-ring (bicyclic) bond motifs is 1. The lowest BCUT2D eigenvalue weighted by Gasteiger charge is -2.31. The molecule has 0 atom stereocenters. The van der Waals surface area contributed by atoms with Crippen LogP contribution >= 0.6 is 0 Å². The maximum Gasteiger partial charge on any atom is 0.244 e. The number of carbonyl (C=O) groups is 1. The van der Waals surface area contributed by atoms with Crippen LogP contribution in [0.15, 0.2) is 36.5 Å². The first kappa shape index (κ1) is 13.0. The van der Waals surface area contributed by atoms with Crippen molar-refractivity contribution < 1.29 is 9.53 Å². The molecule has 5 nitrogen and oxygen atoms in total. The number of nitrogens with one attached hydrogen (secondary N) is 1. The van der Waals surface area contributed by atoms with Gasteiger partial charge in [0.15, 0.2) is 0 Å². The Kier molecular flexibility index (Phi) is 3.38. The number of rotatable bonds is 2. The average Bonchev–Trinajstić information content (AvgIpc) is 2.48. The summed E-state index contributed by atoms with van der Waals surface area (Å²) in [6.45, 7) is 1.06. The molecule has 1 aromatic heterocycles. The molecule has 2 aromatic rings. The van der Waals surface area contributed by atoms with Gasteiger partial charge < -0.3 is 15.8 Å². The van der Waals surface area contributed by atoms with Crippen LogP contribution in [-0.4, -0.2) is 29.6 Å². The molecule has 0 radical (unpaired) electrons. The van der Waals surface area contributed by atoms with Gasteiger partial charge in [0, 0.05) is 18.6 Å². The SMILES string of the molecule is NC1(C(=O)Nc2cnc3ccccc3c2)CCOCC1. The highest BCUT2D eigenvalue weighted by Gasteiger charge is 2.35. The minimum atomic E-state index is -0.843. The summed E-state index contributed by atoms with van der Waals surface area (Å²) in [4.78, 5) is 16.6. The van der Waals surface area contributed by atoms with Gasteiger partial charge in [0.25, 0.3) is 0 Å². The van der Waals surface area contributed by atoms with E-state index in [0.717, 1.165) is 10.9 Å². The van der Waals surface area contributed by atoms with Gasteiger partial charge in [-0.25, -0.2) is 0 Å². The van der Waals surface area contributed by atoms with Gasteiger partial charge in [-0.3, -0.25) is 9.78 Å². The molecule has 0 saturated carbocycles. The zero-order valence-corrected chi connectivity index (χ0v) is 11.1. The second-order valence-electron chi connectivity index (χ2n) is 5.14. The molecule has 1 aliphatic heterocycles. The molecule has 2 heterocycles. The summed E-state index contributed by atoms with van der Waals surface area (Å²) < 4.78 is 5.25. The number of benzene rings is 1. The Morgan fingerprint density at radius 3 is 2.85 bits per heavy atom. The van der Waals surface area contributed by atoms with Crippen LogP contribution in [0, 0.1) is 0 Å². The van der Waals surface area contributed by atoms with Gasteiger partial charge in [-0.2, -0.15) is 0 Å². The van der Waals surface area contributed by atoms with E-state index in [9.17, 15) is 4.79 Å². The summed E-state index contributed by atoms with van der Waals surface area (Å²) in [6.07, 6.45) is 2.74. The number of nitrogens with two attached hydrogens (primary N) is 1. The maximum absolute atomic E-state index is 12.3. The lowest BCUT2D eigenvalue weighted by atomic mass is 9.90. The molecule has 1 amide bonds. The number of pyridine rings is 1. The number of ether oxygens (including phenoxy) is 1. The fraction of sp³-hybridized carbons (Fsp3) is 0.333. The number of nitrogens with zero attached hydrogens (tertiary/aromatic N) is 1. The van der Waals surface area contributed by atoms with Crippen LogP contribution < -0.4 is 11.1 Å². The average molecular weight is 271 g/mol. The molecule has 1 aromatic carbocycles. The standard InChI is InChI=1S/C15H17N3O2/c16-15(5-7-20-8-6-15)14(19)18-12-9-11-3-1-2-4-13(11)17-10-12/h1-4,9-10H,5-8,16H2,(H,18,19). The second kappa shape index (κ2) is 5.19. The molecular formula is C15H17N3O2. The van der Waals surface area contributed by atoms with Crippen LogP contribution in [0.4, 0.5) is 5.69 Å². The Hall–Kier alpha value is -1.98. The van der Waals surface area contributed by atoms with Crippen LogP contribution in [0.2, 0.25) is 0 Å². The molecule has 5 heteroatoms. The van der Waals surface area contributed by atoms with E-state index in [4.69, 9.17) is 10.5 Å². The van der Waals surface area contributed by atoms with Gasteiger partial charge in [0.1, 0.15) is 5.54 Å². The number of hydrogen-bond donors (Lipinski definition) is 2. The first-order chi connectivity index (χ1) is 9.67. The summed E-state index contributed by atoms with van der Waals surface area (Å²) in [5.74, 6) is -0.169. The monoisotopic (exact) mass is 271 g/mol. The molecule has 3 N–H and O–H groups in total. The van der Waals surface area contributed by atoms with Gasteiger partial charge in [-0.1, -0.05) is 18.2 Å². The van der Waals surface area contributed by atoms with Crippen molar-refractivity contribution in [2.75, 3.05) is 18.5 Å². The predicted molar refractivity (Wildman–Crippen MR) is 77.3 cm³/mol. The van der Waals surface area contributed by atoms with E-state index < -0.39 is 5.54 Å². The molecular weight excluding hydrogens is 254 g/mol. The molecule has 0 spiro atoms. The van der Waals surface area contributed by atoms with E-state index in [1.165, 1.54) is 0 Å². The highest BCUT2D eigenvalue weighted by atomic mass is 16.5. The number of para-hydroxylation sites is 1. The van der Waals surface area contributed by atoms with E-state index in [2.05, 4.69) is 10.3 Å². The normalized spacial score (nSPS) is 17.9. The summed E-state index contributed by atoms with van der Waals surface area (Å²) >= 11 is 0. The molecule has 0 aliphatic carbocycles. The van der Waals surface area contributed by atoms with Crippen LogP contribution in [0.1, 0.15) is 12.8 Å². The van der Waals surface area contributed by atoms with Crippen molar-refractivity contribution in [3.63, 3.8) is 0 Å². The van der Waals surface area contributed by atoms with Gasteiger partial charge in [0.2, 0.25) is 5.91 Å². The van der Waals surface area contributed by atoms with Crippen molar-refractivity contribution >= 4 is 22.5 Å². The quantitative estimate of drug-likeness (QED) is 0.871. The first-order valence-corrected chi connectivity index (χ1v) is 6.70. The minimum absolute atomic E-state index is 0.169. The Bertz CT molecular complexity index is 636. The fourth-order valence-electron chi connectivity index (χ4n) is 2.36. The van der Waals surface area contributed by atoms with E-state index in [0.29, 0.717) is 31.7 Å². The zero-order valence-electron chi connectivity index (χ0n) is 11.1. The fourth-order valence-corrected chi connectivity index (χ4v) is 2.36. The third-order valence-electron chi connectivity index (χ3n) is 3.69. The molecule has 0 unspecified atom stereocenters. The zero-order chi connectivity index (χ0) is 14.0. The summed E-state index contributed by atoms with van der Waals surface area (Å²) in [5, 5.41) is 3.85. The number of anilines is 1. The van der Waals surface area contributed by atoms with Crippen LogP contribution in [0.25, 0.3) is 10.9 Å². The van der Waals surface area contributed by atoms with Gasteiger partial charge >= 0.3 is 0 Å². The van der Waals surface area contributed by atoms with Crippen molar-refractivity contribution in [1.82, 2.24) is 4.98 Å². The maximum atomic E-state index is 12.3. The Morgan fingerprint density at radius 1 is 1.30 bits per heavy atom. The Labute approximate surface area is 117 Å². The van der Waals surface area contributed by atoms with Crippen molar-refractivity contribution in [2.24, 2.45) is 5.73 Å². The highest BCUT2D eigenvalue weighted by molar-refractivity contribution is 5.99. The van der Waals surface area contributed by atoms with Crippen molar-refractivity contribution in [1.29, 1.82) is 0 Å². The van der Waals surface area contributed by atoms with Gasteiger partial charge in [0.05, 0.1) is 17.4 Å². The number of aromatic nitrogens is 1. The summed E-state index contributed by atoms with van der Waals surface area (Å²) in [7, 11) is 0. The van der Waals surface area contributed by atoms with Gasteiger partial charge in [-0.15, -0.1) is 0 Å². The second-order valence-corrected chi connectivity index (χ2v) is 5.14. The molecule has 1 aliphatic rings. The van der Waals surface area contributed by atoms with Crippen molar-refractivity contribution in [3.8, 4) is 0 Å². The van der Waals surface area contributed by atoms with Crippen LogP contribution in [0.5, 0.6) is 0 Å². The van der Waals surface area contributed by atoms with Crippen LogP contribution in [-0.2, 0) is 9.53 Å². The number of amides is 1. The molecule has 1 fully saturated rings. The Balaban J connectivity index is 1.80. The minimum Gasteiger partial charge on any atom is -0.381 e. The van der Waals surface area contributed by atoms with E-state index >= 15 is 0 Å². The van der Waals surface area contributed by atoms with Crippen molar-refractivity contribution in [3.05, 3.63) is 36.5 Å². The number of carbonyl (C=O) groups excluding carboxylic acids is 1. The van der Waals surface area contributed by atoms with Crippen LogP contribution in [0.3, 0.4) is 0 Å². The smallest absolute Gasteiger partial charge is 0.244 e. The number of hydrogen-bond acceptors (Lipinski definition) is 4. The van der Waals surface area contributed by atoms with Crippen molar-refractivity contribution in [2.45, 2.75) is 18.4 Å². The summed E-state index contributed by atoms with van der Waals surface area (Å²) in [6, 6.07) is 9.68. The van der Waals surface area contributed by atoms with Gasteiger partial charge in [-0.05, 0) is 25.0 Å². The molecule has 0 bridgehead atoms. The molecule has 20 heavy (non-hydrogen) atoms. The first-order valence-electron chi connectivity index (χ1n) is 6.70. The predicted octanol–water partition coefficient (Wildman–Crippen LogP) is 1.68. The molecule has 3 rings (SSSR count). The summed E-state index contributed by atoms with van der Waals surface area (Å²) in [5.41, 5.74) is 6.88. The Morgan fingerprint density at radius 2 is 2.05 bits per heavy atom. The van der Waals surface area contributed by atoms with E-state index in [1.54, 1.807) is 6.20 Å². The van der Waals surface area contributed by atoms with E-state index in [1.807, 2.05) is 30.3 Å². The lowest BCUT2D eigenvalue weighted by Crippen LogP contribution is -2.54.